The highest BCUT2D eigenvalue weighted by molar-refractivity contribution is 7.15. The Kier molecular flexibility index (Phi) is 4.70. The number of nitrogens with one attached hydrogen (secondary N) is 1. The van der Waals surface area contributed by atoms with Crippen molar-refractivity contribution in [3.05, 3.63) is 57.0 Å². The van der Waals surface area contributed by atoms with Gasteiger partial charge < -0.3 is 10.1 Å². The van der Waals surface area contributed by atoms with Crippen molar-refractivity contribution >= 4 is 16.3 Å². The molecule has 20 heavy (non-hydrogen) atoms. The van der Waals surface area contributed by atoms with Gasteiger partial charge in [-0.1, -0.05) is 23.5 Å². The molecule has 1 N–H and O–H groups in total. The summed E-state index contributed by atoms with van der Waals surface area (Å²) in [6, 6.07) is 11.3. The molecule has 1 aromatic carbocycles. The maximum absolute atomic E-state index is 10.6. The van der Waals surface area contributed by atoms with Gasteiger partial charge in [0.15, 0.2) is 0 Å². The molecular weight excluding hydrogens is 276 g/mol. The zero-order valence-electron chi connectivity index (χ0n) is 11.3. The molecular formula is C14H16N2O3S. The second-order valence-corrected chi connectivity index (χ2v) is 5.52. The second kappa shape index (κ2) is 6.49. The van der Waals surface area contributed by atoms with E-state index in [0.29, 0.717) is 6.54 Å². The number of thiophene rings is 1. The Bertz CT molecular complexity index is 598. The van der Waals surface area contributed by atoms with Gasteiger partial charge in [0.25, 0.3) is 0 Å². The second-order valence-electron chi connectivity index (χ2n) is 4.38. The highest BCUT2D eigenvalue weighted by Crippen LogP contribution is 2.25. The molecule has 106 valence electrons. The van der Waals surface area contributed by atoms with Crippen LogP contribution in [0.1, 0.15) is 23.4 Å². The lowest BCUT2D eigenvalue weighted by Gasteiger charge is -2.14. The van der Waals surface area contributed by atoms with Gasteiger partial charge in [-0.05, 0) is 30.7 Å². The van der Waals surface area contributed by atoms with E-state index in [-0.39, 0.29) is 16.0 Å². The van der Waals surface area contributed by atoms with Crippen molar-refractivity contribution in [3.63, 3.8) is 0 Å². The molecule has 0 spiro atoms. The Morgan fingerprint density at radius 1 is 1.40 bits per heavy atom. The molecule has 0 aliphatic carbocycles. The molecule has 0 bridgehead atoms. The van der Waals surface area contributed by atoms with Crippen molar-refractivity contribution in [3.8, 4) is 5.75 Å². The van der Waals surface area contributed by atoms with Crippen LogP contribution in [0.3, 0.4) is 0 Å². The van der Waals surface area contributed by atoms with E-state index in [1.807, 2.05) is 24.3 Å². The lowest BCUT2D eigenvalue weighted by Crippen LogP contribution is -2.17. The number of nitro groups is 1. The van der Waals surface area contributed by atoms with Crippen LogP contribution >= 0.6 is 11.3 Å². The normalized spacial score (nSPS) is 12.1. The summed E-state index contributed by atoms with van der Waals surface area (Å²) in [7, 11) is 1.64. The van der Waals surface area contributed by atoms with Crippen LogP contribution < -0.4 is 10.1 Å². The monoisotopic (exact) mass is 292 g/mol. The summed E-state index contributed by atoms with van der Waals surface area (Å²) in [4.78, 5) is 11.2. The first-order valence-electron chi connectivity index (χ1n) is 6.20. The third-order valence-corrected chi connectivity index (χ3v) is 4.04. The van der Waals surface area contributed by atoms with Crippen LogP contribution in [-0.2, 0) is 6.54 Å². The molecule has 2 rings (SSSR count). The molecule has 0 amide bonds. The number of ether oxygens (including phenoxy) is 1. The minimum atomic E-state index is -0.361. The van der Waals surface area contributed by atoms with E-state index in [4.69, 9.17) is 4.74 Å². The van der Waals surface area contributed by atoms with Crippen LogP contribution in [0.15, 0.2) is 36.4 Å². The molecule has 0 aliphatic heterocycles. The van der Waals surface area contributed by atoms with Gasteiger partial charge in [0, 0.05) is 23.5 Å². The van der Waals surface area contributed by atoms with Crippen molar-refractivity contribution in [2.75, 3.05) is 7.11 Å². The number of benzene rings is 1. The van der Waals surface area contributed by atoms with Crippen LogP contribution in [-0.4, -0.2) is 12.0 Å². The summed E-state index contributed by atoms with van der Waals surface area (Å²) in [5.74, 6) is 0.822. The SMILES string of the molecule is COc1cccc([C@@H](C)NCc2ccc([N+](=O)[O-])s2)c1. The van der Waals surface area contributed by atoms with Gasteiger partial charge in [-0.25, -0.2) is 0 Å². The summed E-state index contributed by atoms with van der Waals surface area (Å²) in [5, 5.41) is 14.2. The minimum absolute atomic E-state index is 0.145. The average molecular weight is 292 g/mol. The predicted octanol–water partition coefficient (Wildman–Crippen LogP) is 3.52. The highest BCUT2D eigenvalue weighted by atomic mass is 32.1. The molecule has 5 nitrogen and oxygen atoms in total. The van der Waals surface area contributed by atoms with Gasteiger partial charge in [0.2, 0.25) is 0 Å². The average Bonchev–Trinajstić information content (AvgIpc) is 2.94. The minimum Gasteiger partial charge on any atom is -0.497 e. The summed E-state index contributed by atoms with van der Waals surface area (Å²) < 4.78 is 5.20. The maximum Gasteiger partial charge on any atom is 0.324 e. The Labute approximate surface area is 121 Å². The molecule has 1 aromatic heterocycles. The quantitative estimate of drug-likeness (QED) is 0.653. The standard InChI is InChI=1S/C14H16N2O3S/c1-10(11-4-3-5-12(8-11)19-2)15-9-13-6-7-14(20-13)16(17)18/h3-8,10,15H,9H2,1-2H3/t10-/m1/s1. The van der Waals surface area contributed by atoms with Gasteiger partial charge in [0.05, 0.1) is 12.0 Å². The number of rotatable bonds is 6. The molecule has 0 fully saturated rings. The first-order chi connectivity index (χ1) is 9.60. The van der Waals surface area contributed by atoms with Gasteiger partial charge in [0.1, 0.15) is 5.75 Å². The van der Waals surface area contributed by atoms with Crippen molar-refractivity contribution in [1.82, 2.24) is 5.32 Å². The van der Waals surface area contributed by atoms with Crippen LogP contribution in [0.2, 0.25) is 0 Å². The molecule has 0 saturated heterocycles. The van der Waals surface area contributed by atoms with E-state index in [2.05, 4.69) is 12.2 Å². The van der Waals surface area contributed by atoms with E-state index in [1.54, 1.807) is 13.2 Å². The summed E-state index contributed by atoms with van der Waals surface area (Å²) >= 11 is 1.20. The van der Waals surface area contributed by atoms with Crippen LogP contribution in [0.25, 0.3) is 0 Å². The molecule has 2 aromatic rings. The summed E-state index contributed by atoms with van der Waals surface area (Å²) in [5.41, 5.74) is 1.12. The predicted molar refractivity (Wildman–Crippen MR) is 79.2 cm³/mol. The van der Waals surface area contributed by atoms with Crippen LogP contribution in [0, 0.1) is 10.1 Å². The molecule has 1 atom stereocenters. The first kappa shape index (κ1) is 14.5. The van der Waals surface area contributed by atoms with Gasteiger partial charge in [-0.3, -0.25) is 10.1 Å². The largest absolute Gasteiger partial charge is 0.497 e. The summed E-state index contributed by atoms with van der Waals surface area (Å²) in [6.45, 7) is 2.66. The smallest absolute Gasteiger partial charge is 0.324 e. The zero-order valence-corrected chi connectivity index (χ0v) is 12.1. The molecule has 1 heterocycles. The third-order valence-electron chi connectivity index (χ3n) is 3.00. The highest BCUT2D eigenvalue weighted by Gasteiger charge is 2.11. The molecule has 0 saturated carbocycles. The topological polar surface area (TPSA) is 64.4 Å². The van der Waals surface area contributed by atoms with Gasteiger partial charge in [-0.15, -0.1) is 0 Å². The van der Waals surface area contributed by atoms with Gasteiger partial charge in [-0.2, -0.15) is 0 Å². The number of hydrogen-bond donors (Lipinski definition) is 1. The van der Waals surface area contributed by atoms with E-state index in [1.165, 1.54) is 17.4 Å². The molecule has 6 heteroatoms. The molecule has 0 radical (unpaired) electrons. The fourth-order valence-electron chi connectivity index (χ4n) is 1.84. The Balaban J connectivity index is 1.96. The zero-order chi connectivity index (χ0) is 14.5. The Morgan fingerprint density at radius 3 is 2.85 bits per heavy atom. The number of nitrogens with zero attached hydrogens (tertiary/aromatic N) is 1. The van der Waals surface area contributed by atoms with E-state index >= 15 is 0 Å². The fraction of sp³-hybridized carbons (Fsp3) is 0.286. The van der Waals surface area contributed by atoms with Crippen molar-refractivity contribution < 1.29 is 9.66 Å². The van der Waals surface area contributed by atoms with E-state index in [9.17, 15) is 10.1 Å². The van der Waals surface area contributed by atoms with Gasteiger partial charge >= 0.3 is 5.00 Å². The van der Waals surface area contributed by atoms with Crippen molar-refractivity contribution in [2.45, 2.75) is 19.5 Å². The molecule has 0 aliphatic rings. The summed E-state index contributed by atoms with van der Waals surface area (Å²) in [6.07, 6.45) is 0. The fourth-order valence-corrected chi connectivity index (χ4v) is 2.61. The Hall–Kier alpha value is -1.92. The van der Waals surface area contributed by atoms with Crippen molar-refractivity contribution in [1.29, 1.82) is 0 Å². The van der Waals surface area contributed by atoms with Crippen molar-refractivity contribution in [2.24, 2.45) is 0 Å². The molecule has 0 unspecified atom stereocenters. The lowest BCUT2D eigenvalue weighted by atomic mass is 10.1. The van der Waals surface area contributed by atoms with E-state index < -0.39 is 0 Å². The number of methoxy groups -OCH3 is 1. The Morgan fingerprint density at radius 2 is 2.20 bits per heavy atom. The first-order valence-corrected chi connectivity index (χ1v) is 7.02. The van der Waals surface area contributed by atoms with Crippen LogP contribution in [0.4, 0.5) is 5.00 Å². The third kappa shape index (κ3) is 3.55. The van der Waals surface area contributed by atoms with E-state index in [0.717, 1.165) is 16.2 Å². The number of hydrogen-bond acceptors (Lipinski definition) is 5. The van der Waals surface area contributed by atoms with Crippen LogP contribution in [0.5, 0.6) is 5.75 Å². The maximum atomic E-state index is 10.6. The lowest BCUT2D eigenvalue weighted by molar-refractivity contribution is -0.380.